The van der Waals surface area contributed by atoms with Gasteiger partial charge in [-0.2, -0.15) is 5.10 Å². The highest BCUT2D eigenvalue weighted by molar-refractivity contribution is 9.10. The molecule has 23 heavy (non-hydrogen) atoms. The third kappa shape index (κ3) is 3.03. The summed E-state index contributed by atoms with van der Waals surface area (Å²) in [6.45, 7) is 2.97. The zero-order valence-corrected chi connectivity index (χ0v) is 14.1. The first-order valence-corrected chi connectivity index (χ1v) is 8.07. The molecule has 1 amide bonds. The smallest absolute Gasteiger partial charge is 0.339 e. The Morgan fingerprint density at radius 1 is 1.39 bits per heavy atom. The molecular weight excluding hydrogens is 366 g/mol. The number of aromatic nitrogens is 2. The molecule has 2 aromatic heterocycles. The van der Waals surface area contributed by atoms with Crippen molar-refractivity contribution >= 4 is 27.8 Å². The molecular formula is C15H16BrN3O4. The van der Waals surface area contributed by atoms with Crippen molar-refractivity contribution in [3.8, 4) is 0 Å². The first-order chi connectivity index (χ1) is 11.0. The number of carbonyl (C=O) groups excluding carboxylic acids is 1. The number of aromatic carboxylic acids is 1. The van der Waals surface area contributed by atoms with Gasteiger partial charge in [-0.15, -0.1) is 0 Å². The number of furan rings is 1. The highest BCUT2D eigenvalue weighted by atomic mass is 79.9. The molecule has 0 radical (unpaired) electrons. The van der Waals surface area contributed by atoms with Crippen molar-refractivity contribution in [3.05, 3.63) is 40.0 Å². The largest absolute Gasteiger partial charge is 0.478 e. The molecule has 3 rings (SSSR count). The number of hydrogen-bond acceptors (Lipinski definition) is 4. The van der Waals surface area contributed by atoms with Crippen molar-refractivity contribution in [2.75, 3.05) is 13.1 Å². The van der Waals surface area contributed by atoms with Gasteiger partial charge in [-0.1, -0.05) is 0 Å². The van der Waals surface area contributed by atoms with Crippen molar-refractivity contribution in [1.82, 2.24) is 14.7 Å². The summed E-state index contributed by atoms with van der Waals surface area (Å²) in [7, 11) is 0. The fourth-order valence-corrected chi connectivity index (χ4v) is 3.26. The third-order valence-corrected chi connectivity index (χ3v) is 4.60. The zero-order chi connectivity index (χ0) is 16.6. The lowest BCUT2D eigenvalue weighted by molar-refractivity contribution is 0.0687. The summed E-state index contributed by atoms with van der Waals surface area (Å²) < 4.78 is 7.40. The van der Waals surface area contributed by atoms with Gasteiger partial charge in [0, 0.05) is 19.2 Å². The molecule has 0 saturated carbocycles. The molecule has 1 aliphatic heterocycles. The van der Waals surface area contributed by atoms with Crippen LogP contribution in [0.4, 0.5) is 0 Å². The van der Waals surface area contributed by atoms with Gasteiger partial charge in [0.15, 0.2) is 4.67 Å². The maximum atomic E-state index is 12.4. The standard InChI is InChI=1S/C15H16BrN3O4/c1-9-12(15(21)22)7-17-19(9)11-2-4-18(5-3-11)14(20)10-6-13(16)23-8-10/h6-8,11H,2-5H2,1H3,(H,21,22). The topological polar surface area (TPSA) is 88.6 Å². The van der Waals surface area contributed by atoms with Gasteiger partial charge in [0.1, 0.15) is 11.8 Å². The number of carboxylic acids is 1. The van der Waals surface area contributed by atoms with E-state index in [-0.39, 0.29) is 17.5 Å². The molecule has 0 unspecified atom stereocenters. The molecule has 0 bridgehead atoms. The molecule has 0 aromatic carbocycles. The predicted octanol–water partition coefficient (Wildman–Crippen LogP) is 2.72. The molecule has 3 heterocycles. The Morgan fingerprint density at radius 3 is 2.61 bits per heavy atom. The minimum atomic E-state index is -0.966. The zero-order valence-electron chi connectivity index (χ0n) is 12.5. The van der Waals surface area contributed by atoms with Crippen LogP contribution < -0.4 is 0 Å². The van der Waals surface area contributed by atoms with Crippen LogP contribution in [0.5, 0.6) is 0 Å². The van der Waals surface area contributed by atoms with Crippen LogP contribution in [0.25, 0.3) is 0 Å². The number of carboxylic acid groups (broad SMARTS) is 1. The Hall–Kier alpha value is -2.09. The molecule has 1 N–H and O–H groups in total. The highest BCUT2D eigenvalue weighted by Gasteiger charge is 2.27. The van der Waals surface area contributed by atoms with Crippen LogP contribution in [0.2, 0.25) is 0 Å². The lowest BCUT2D eigenvalue weighted by atomic mass is 10.0. The van der Waals surface area contributed by atoms with Crippen molar-refractivity contribution < 1.29 is 19.1 Å². The van der Waals surface area contributed by atoms with Gasteiger partial charge < -0.3 is 14.4 Å². The van der Waals surface area contributed by atoms with E-state index >= 15 is 0 Å². The molecule has 122 valence electrons. The van der Waals surface area contributed by atoms with Gasteiger partial charge in [-0.3, -0.25) is 9.48 Å². The Balaban J connectivity index is 1.67. The van der Waals surface area contributed by atoms with Gasteiger partial charge in [-0.25, -0.2) is 4.79 Å². The van der Waals surface area contributed by atoms with E-state index in [1.165, 1.54) is 12.5 Å². The summed E-state index contributed by atoms with van der Waals surface area (Å²) in [5.41, 5.74) is 1.41. The molecule has 8 heteroatoms. The average Bonchev–Trinajstić information content (AvgIpc) is 3.13. The van der Waals surface area contributed by atoms with Gasteiger partial charge in [0.2, 0.25) is 0 Å². The van der Waals surface area contributed by atoms with E-state index in [2.05, 4.69) is 21.0 Å². The number of halogens is 1. The molecule has 1 fully saturated rings. The van der Waals surface area contributed by atoms with Crippen molar-refractivity contribution in [2.45, 2.75) is 25.8 Å². The van der Waals surface area contributed by atoms with Crippen LogP contribution in [0.15, 0.2) is 27.6 Å². The molecule has 0 atom stereocenters. The fraction of sp³-hybridized carbons (Fsp3) is 0.400. The Kier molecular flexibility index (Phi) is 4.25. The summed E-state index contributed by atoms with van der Waals surface area (Å²) in [4.78, 5) is 25.2. The van der Waals surface area contributed by atoms with Gasteiger partial charge >= 0.3 is 5.97 Å². The highest BCUT2D eigenvalue weighted by Crippen LogP contribution is 2.26. The summed E-state index contributed by atoms with van der Waals surface area (Å²) >= 11 is 3.19. The number of likely N-dealkylation sites (tertiary alicyclic amines) is 1. The summed E-state index contributed by atoms with van der Waals surface area (Å²) in [6.07, 6.45) is 4.31. The second-order valence-electron chi connectivity index (χ2n) is 5.56. The summed E-state index contributed by atoms with van der Waals surface area (Å²) in [6, 6.07) is 1.77. The summed E-state index contributed by atoms with van der Waals surface area (Å²) in [5.74, 6) is -1.02. The lowest BCUT2D eigenvalue weighted by Gasteiger charge is -2.32. The van der Waals surface area contributed by atoms with Gasteiger partial charge in [0.05, 0.1) is 23.5 Å². The maximum Gasteiger partial charge on any atom is 0.339 e. The van der Waals surface area contributed by atoms with Gasteiger partial charge in [-0.05, 0) is 35.7 Å². The van der Waals surface area contributed by atoms with Crippen molar-refractivity contribution in [2.24, 2.45) is 0 Å². The van der Waals surface area contributed by atoms with Crippen LogP contribution in [-0.2, 0) is 0 Å². The van der Waals surface area contributed by atoms with Crippen molar-refractivity contribution in [3.63, 3.8) is 0 Å². The number of amides is 1. The van der Waals surface area contributed by atoms with Crippen molar-refractivity contribution in [1.29, 1.82) is 0 Å². The second kappa shape index (κ2) is 6.19. The van der Waals surface area contributed by atoms with Crippen LogP contribution in [0.1, 0.15) is 45.3 Å². The second-order valence-corrected chi connectivity index (χ2v) is 6.34. The Bertz CT molecular complexity index is 744. The fourth-order valence-electron chi connectivity index (χ4n) is 2.92. The number of hydrogen-bond donors (Lipinski definition) is 1. The van der Waals surface area contributed by atoms with Crippen LogP contribution >= 0.6 is 15.9 Å². The van der Waals surface area contributed by atoms with Crippen LogP contribution in [0, 0.1) is 6.92 Å². The van der Waals surface area contributed by atoms with E-state index in [0.29, 0.717) is 29.0 Å². The van der Waals surface area contributed by atoms with E-state index < -0.39 is 5.97 Å². The summed E-state index contributed by atoms with van der Waals surface area (Å²) in [5, 5.41) is 13.3. The molecule has 0 aliphatic carbocycles. The normalized spacial score (nSPS) is 15.8. The number of rotatable bonds is 3. The third-order valence-electron chi connectivity index (χ3n) is 4.19. The molecule has 1 aliphatic rings. The molecule has 1 saturated heterocycles. The number of piperidine rings is 1. The minimum absolute atomic E-state index is 0.0543. The van der Waals surface area contributed by atoms with Crippen LogP contribution in [-0.4, -0.2) is 44.8 Å². The Morgan fingerprint density at radius 2 is 2.09 bits per heavy atom. The first kappa shape index (κ1) is 15.8. The molecule has 7 nitrogen and oxygen atoms in total. The lowest BCUT2D eigenvalue weighted by Crippen LogP contribution is -2.39. The van der Waals surface area contributed by atoms with E-state index in [0.717, 1.165) is 12.8 Å². The van der Waals surface area contributed by atoms with E-state index in [1.54, 1.807) is 22.6 Å². The first-order valence-electron chi connectivity index (χ1n) is 7.28. The SMILES string of the molecule is Cc1c(C(=O)O)cnn1C1CCN(C(=O)c2coc(Br)c2)CC1. The van der Waals surface area contributed by atoms with E-state index in [1.807, 2.05) is 0 Å². The minimum Gasteiger partial charge on any atom is -0.478 e. The van der Waals surface area contributed by atoms with Crippen LogP contribution in [0.3, 0.4) is 0 Å². The predicted molar refractivity (Wildman–Crippen MR) is 84.5 cm³/mol. The van der Waals surface area contributed by atoms with E-state index in [9.17, 15) is 9.59 Å². The van der Waals surface area contributed by atoms with E-state index in [4.69, 9.17) is 9.52 Å². The van der Waals surface area contributed by atoms with Gasteiger partial charge in [0.25, 0.3) is 5.91 Å². The Labute approximate surface area is 141 Å². The molecule has 2 aromatic rings. The molecule has 0 spiro atoms. The average molecular weight is 382 g/mol. The number of nitrogens with zero attached hydrogens (tertiary/aromatic N) is 3. The quantitative estimate of drug-likeness (QED) is 0.882. The monoisotopic (exact) mass is 381 g/mol. The number of carbonyl (C=O) groups is 2. The maximum absolute atomic E-state index is 12.4.